The normalized spacial score (nSPS) is 10.8. The summed E-state index contributed by atoms with van der Waals surface area (Å²) in [5.41, 5.74) is 2.46. The molecule has 0 aliphatic rings. The number of tetrazole rings is 1. The highest BCUT2D eigenvalue weighted by atomic mass is 19.1. The molecule has 0 fully saturated rings. The van der Waals surface area contributed by atoms with E-state index in [0.717, 1.165) is 15.8 Å². The highest BCUT2D eigenvalue weighted by Crippen LogP contribution is 2.25. The van der Waals surface area contributed by atoms with Crippen molar-refractivity contribution >= 4 is 0 Å². The van der Waals surface area contributed by atoms with Gasteiger partial charge in [0.15, 0.2) is 11.6 Å². The summed E-state index contributed by atoms with van der Waals surface area (Å²) in [6, 6.07) is 10.4. The van der Waals surface area contributed by atoms with Gasteiger partial charge in [-0.25, -0.2) is 9.18 Å². The molecule has 24 heavy (non-hydrogen) atoms. The lowest BCUT2D eigenvalue weighted by Gasteiger charge is -2.13. The zero-order valence-corrected chi connectivity index (χ0v) is 13.7. The molecule has 7 heteroatoms. The van der Waals surface area contributed by atoms with Crippen LogP contribution in [0.15, 0.2) is 41.2 Å². The minimum Gasteiger partial charge on any atom is -0.485 e. The van der Waals surface area contributed by atoms with Crippen LogP contribution in [0.25, 0.3) is 5.69 Å². The van der Waals surface area contributed by atoms with Crippen LogP contribution in [0.5, 0.6) is 5.75 Å². The van der Waals surface area contributed by atoms with Gasteiger partial charge in [0.25, 0.3) is 0 Å². The first-order valence-electron chi connectivity index (χ1n) is 7.44. The molecule has 1 heterocycles. The maximum absolute atomic E-state index is 14.1. The smallest absolute Gasteiger partial charge is 0.368 e. The van der Waals surface area contributed by atoms with E-state index in [0.29, 0.717) is 11.3 Å². The van der Waals surface area contributed by atoms with Crippen LogP contribution >= 0.6 is 0 Å². The van der Waals surface area contributed by atoms with Crippen LogP contribution in [0.4, 0.5) is 4.39 Å². The third-order valence-corrected chi connectivity index (χ3v) is 3.69. The lowest BCUT2D eigenvalue weighted by atomic mass is 10.1. The molecule has 3 aromatic rings. The van der Waals surface area contributed by atoms with Gasteiger partial charge in [-0.1, -0.05) is 24.3 Å². The van der Waals surface area contributed by atoms with E-state index in [9.17, 15) is 9.18 Å². The van der Waals surface area contributed by atoms with Gasteiger partial charge in [-0.15, -0.1) is 0 Å². The summed E-state index contributed by atoms with van der Waals surface area (Å²) in [5.74, 6) is -0.191. The minimum absolute atomic E-state index is 0.111. The standard InChI is InChI=1S/C17H17FN4O2/c1-11-8-12(2)16(14(18)9-11)24-10-13-6-4-5-7-15(13)22-17(23)21(3)19-20-22/h4-9H,10H2,1-3H3. The van der Waals surface area contributed by atoms with Crippen molar-refractivity contribution < 1.29 is 9.13 Å². The number of nitrogens with zero attached hydrogens (tertiary/aromatic N) is 4. The first kappa shape index (κ1) is 15.9. The zero-order chi connectivity index (χ0) is 17.3. The summed E-state index contributed by atoms with van der Waals surface area (Å²) in [5, 5.41) is 7.54. The largest absolute Gasteiger partial charge is 0.485 e. The molecule has 0 aliphatic carbocycles. The summed E-state index contributed by atoms with van der Waals surface area (Å²) in [6.45, 7) is 3.74. The highest BCUT2D eigenvalue weighted by molar-refractivity contribution is 5.41. The lowest BCUT2D eigenvalue weighted by Crippen LogP contribution is -2.23. The van der Waals surface area contributed by atoms with Gasteiger partial charge in [0.1, 0.15) is 6.61 Å². The van der Waals surface area contributed by atoms with Gasteiger partial charge in [-0.3, -0.25) is 0 Å². The second-order valence-electron chi connectivity index (χ2n) is 5.61. The van der Waals surface area contributed by atoms with Gasteiger partial charge in [-0.2, -0.15) is 9.36 Å². The Morgan fingerprint density at radius 1 is 1.17 bits per heavy atom. The van der Waals surface area contributed by atoms with E-state index in [1.54, 1.807) is 25.1 Å². The number of hydrogen-bond acceptors (Lipinski definition) is 4. The van der Waals surface area contributed by atoms with Crippen molar-refractivity contribution in [3.63, 3.8) is 0 Å². The van der Waals surface area contributed by atoms with Gasteiger partial charge in [0, 0.05) is 12.6 Å². The Balaban J connectivity index is 1.93. The van der Waals surface area contributed by atoms with E-state index in [2.05, 4.69) is 10.4 Å². The van der Waals surface area contributed by atoms with Crippen molar-refractivity contribution in [2.24, 2.45) is 7.05 Å². The molecule has 0 unspecified atom stereocenters. The Morgan fingerprint density at radius 3 is 2.58 bits per heavy atom. The summed E-state index contributed by atoms with van der Waals surface area (Å²) < 4.78 is 22.1. The summed E-state index contributed by atoms with van der Waals surface area (Å²) >= 11 is 0. The molecule has 0 N–H and O–H groups in total. The summed E-state index contributed by atoms with van der Waals surface area (Å²) in [6.07, 6.45) is 0. The van der Waals surface area contributed by atoms with Crippen LogP contribution < -0.4 is 10.4 Å². The Kier molecular flexibility index (Phi) is 4.16. The molecule has 0 amide bonds. The van der Waals surface area contributed by atoms with E-state index < -0.39 is 5.82 Å². The predicted molar refractivity (Wildman–Crippen MR) is 86.8 cm³/mol. The van der Waals surface area contributed by atoms with Crippen molar-refractivity contribution in [2.45, 2.75) is 20.5 Å². The average molecular weight is 328 g/mol. The van der Waals surface area contributed by atoms with Crippen molar-refractivity contribution in [2.75, 3.05) is 0 Å². The number of rotatable bonds is 4. The summed E-state index contributed by atoms with van der Waals surface area (Å²) in [4.78, 5) is 12.0. The molecule has 0 spiro atoms. The third kappa shape index (κ3) is 2.92. The molecule has 2 aromatic carbocycles. The number of benzene rings is 2. The molecule has 124 valence electrons. The topological polar surface area (TPSA) is 61.9 Å². The van der Waals surface area contributed by atoms with Gasteiger partial charge >= 0.3 is 5.69 Å². The Labute approximate surface area is 138 Å². The van der Waals surface area contributed by atoms with Crippen LogP contribution in [-0.2, 0) is 13.7 Å². The number of hydrogen-bond donors (Lipinski definition) is 0. The molecule has 0 aliphatic heterocycles. The number of para-hydroxylation sites is 1. The highest BCUT2D eigenvalue weighted by Gasteiger charge is 2.13. The van der Waals surface area contributed by atoms with Crippen LogP contribution in [-0.4, -0.2) is 19.8 Å². The fourth-order valence-corrected chi connectivity index (χ4v) is 2.54. The van der Waals surface area contributed by atoms with Gasteiger partial charge in [0.05, 0.1) is 5.69 Å². The fraction of sp³-hybridized carbons (Fsp3) is 0.235. The van der Waals surface area contributed by atoms with E-state index in [1.807, 2.05) is 19.1 Å². The molecule has 6 nitrogen and oxygen atoms in total. The van der Waals surface area contributed by atoms with E-state index in [-0.39, 0.29) is 18.0 Å². The van der Waals surface area contributed by atoms with Gasteiger partial charge < -0.3 is 4.74 Å². The first-order valence-corrected chi connectivity index (χ1v) is 7.44. The van der Waals surface area contributed by atoms with Crippen LogP contribution in [0.3, 0.4) is 0 Å². The Hall–Kier alpha value is -2.96. The molecule has 0 bridgehead atoms. The molecule has 0 saturated carbocycles. The fourth-order valence-electron chi connectivity index (χ4n) is 2.54. The number of halogens is 1. The number of aryl methyl sites for hydroxylation is 3. The van der Waals surface area contributed by atoms with Crippen LogP contribution in [0.2, 0.25) is 0 Å². The average Bonchev–Trinajstić information content (AvgIpc) is 2.86. The maximum atomic E-state index is 14.1. The summed E-state index contributed by atoms with van der Waals surface area (Å²) in [7, 11) is 1.52. The Morgan fingerprint density at radius 2 is 1.92 bits per heavy atom. The molecule has 0 radical (unpaired) electrons. The minimum atomic E-state index is -0.401. The third-order valence-electron chi connectivity index (χ3n) is 3.69. The Bertz CT molecular complexity index is 923. The second kappa shape index (κ2) is 6.27. The van der Waals surface area contributed by atoms with E-state index in [1.165, 1.54) is 17.8 Å². The molecular weight excluding hydrogens is 311 g/mol. The van der Waals surface area contributed by atoms with Crippen LogP contribution in [0.1, 0.15) is 16.7 Å². The van der Waals surface area contributed by atoms with E-state index in [4.69, 9.17) is 4.74 Å². The van der Waals surface area contributed by atoms with Crippen molar-refractivity contribution in [3.05, 3.63) is 69.4 Å². The van der Waals surface area contributed by atoms with Gasteiger partial charge in [0.2, 0.25) is 0 Å². The number of ether oxygens (including phenoxy) is 1. The van der Waals surface area contributed by atoms with Crippen molar-refractivity contribution in [1.82, 2.24) is 19.8 Å². The number of aromatic nitrogens is 4. The molecular formula is C17H17FN4O2. The van der Waals surface area contributed by atoms with Gasteiger partial charge in [-0.05, 0) is 47.5 Å². The SMILES string of the molecule is Cc1cc(C)c(OCc2ccccc2-n2nnn(C)c2=O)c(F)c1. The molecule has 1 aromatic heterocycles. The monoisotopic (exact) mass is 328 g/mol. The predicted octanol–water partition coefficient (Wildman–Crippen LogP) is 2.30. The molecule has 3 rings (SSSR count). The maximum Gasteiger partial charge on any atom is 0.368 e. The first-order chi connectivity index (χ1) is 11.5. The zero-order valence-electron chi connectivity index (χ0n) is 13.7. The van der Waals surface area contributed by atoms with Crippen LogP contribution in [0, 0.1) is 19.7 Å². The van der Waals surface area contributed by atoms with E-state index >= 15 is 0 Å². The quantitative estimate of drug-likeness (QED) is 0.737. The lowest BCUT2D eigenvalue weighted by molar-refractivity contribution is 0.287. The second-order valence-corrected chi connectivity index (χ2v) is 5.61. The van der Waals surface area contributed by atoms with Crippen molar-refractivity contribution in [1.29, 1.82) is 0 Å². The van der Waals surface area contributed by atoms with Crippen molar-refractivity contribution in [3.8, 4) is 11.4 Å². The molecule has 0 atom stereocenters. The molecule has 0 saturated heterocycles.